The van der Waals surface area contributed by atoms with Crippen molar-refractivity contribution in [2.24, 2.45) is 0 Å². The summed E-state index contributed by atoms with van der Waals surface area (Å²) in [6, 6.07) is 5.18. The second-order valence-electron chi connectivity index (χ2n) is 9.12. The van der Waals surface area contributed by atoms with Crippen LogP contribution < -0.4 is 14.8 Å². The lowest BCUT2D eigenvalue weighted by molar-refractivity contribution is 0.157. The van der Waals surface area contributed by atoms with E-state index >= 15 is 0 Å². The van der Waals surface area contributed by atoms with E-state index in [0.717, 1.165) is 37.7 Å². The second kappa shape index (κ2) is 8.50. The van der Waals surface area contributed by atoms with Gasteiger partial charge in [-0.1, -0.05) is 25.8 Å². The van der Waals surface area contributed by atoms with Crippen LogP contribution in [0, 0.1) is 6.92 Å². The topological polar surface area (TPSA) is 67.4 Å². The number of aryl methyl sites for hydroxylation is 1. The molecule has 1 fully saturated rings. The number of benzene rings is 1. The lowest BCUT2D eigenvalue weighted by Gasteiger charge is -2.46. The van der Waals surface area contributed by atoms with E-state index in [1.54, 1.807) is 6.07 Å². The standard InChI is InChI=1S/C21H36N2O3S/c1-7-8-9-12-26-18-13-16(2)10-11-19(18)27(24,25)22-17-14-20(3,4)23-21(5,6)15-17/h10-11,13,17,22-23H,7-9,12,14-15H2,1-6H3. The zero-order chi connectivity index (χ0) is 20.3. The van der Waals surface area contributed by atoms with Crippen molar-refractivity contribution in [3.05, 3.63) is 23.8 Å². The Morgan fingerprint density at radius 3 is 2.37 bits per heavy atom. The molecule has 27 heavy (non-hydrogen) atoms. The number of hydrogen-bond acceptors (Lipinski definition) is 4. The van der Waals surface area contributed by atoms with E-state index in [2.05, 4.69) is 44.7 Å². The Morgan fingerprint density at radius 1 is 1.15 bits per heavy atom. The summed E-state index contributed by atoms with van der Waals surface area (Å²) in [4.78, 5) is 0.235. The first kappa shape index (κ1) is 22.2. The van der Waals surface area contributed by atoms with Gasteiger partial charge in [-0.15, -0.1) is 0 Å². The Hall–Kier alpha value is -1.11. The van der Waals surface area contributed by atoms with Gasteiger partial charge in [0.25, 0.3) is 0 Å². The molecule has 2 rings (SSSR count). The minimum atomic E-state index is -3.65. The van der Waals surface area contributed by atoms with Crippen LogP contribution in [0.15, 0.2) is 23.1 Å². The monoisotopic (exact) mass is 396 g/mol. The minimum absolute atomic E-state index is 0.115. The molecule has 0 atom stereocenters. The molecule has 1 heterocycles. The number of ether oxygens (including phenoxy) is 1. The van der Waals surface area contributed by atoms with E-state index in [4.69, 9.17) is 4.74 Å². The van der Waals surface area contributed by atoms with Crippen molar-refractivity contribution in [1.82, 2.24) is 10.0 Å². The minimum Gasteiger partial charge on any atom is -0.492 e. The lowest BCUT2D eigenvalue weighted by atomic mass is 9.80. The average molecular weight is 397 g/mol. The number of hydrogen-bond donors (Lipinski definition) is 2. The molecular formula is C21H36N2O3S. The Balaban J connectivity index is 2.20. The van der Waals surface area contributed by atoms with E-state index < -0.39 is 10.0 Å². The van der Waals surface area contributed by atoms with Gasteiger partial charge in [-0.3, -0.25) is 0 Å². The number of piperidine rings is 1. The van der Waals surface area contributed by atoms with E-state index in [9.17, 15) is 8.42 Å². The van der Waals surface area contributed by atoms with E-state index in [1.165, 1.54) is 0 Å². The van der Waals surface area contributed by atoms with E-state index in [1.807, 2.05) is 19.1 Å². The number of nitrogens with one attached hydrogen (secondary N) is 2. The normalized spacial score (nSPS) is 19.8. The number of unbranched alkanes of at least 4 members (excludes halogenated alkanes) is 2. The molecule has 0 unspecified atom stereocenters. The third kappa shape index (κ3) is 6.47. The van der Waals surface area contributed by atoms with Gasteiger partial charge in [0.15, 0.2) is 0 Å². The second-order valence-corrected chi connectivity index (χ2v) is 10.8. The maximum Gasteiger partial charge on any atom is 0.244 e. The largest absolute Gasteiger partial charge is 0.492 e. The van der Waals surface area contributed by atoms with Crippen molar-refractivity contribution in [2.45, 2.75) is 95.7 Å². The van der Waals surface area contributed by atoms with Crippen LogP contribution >= 0.6 is 0 Å². The van der Waals surface area contributed by atoms with Gasteiger partial charge >= 0.3 is 0 Å². The molecule has 1 aliphatic rings. The Morgan fingerprint density at radius 2 is 1.78 bits per heavy atom. The summed E-state index contributed by atoms with van der Waals surface area (Å²) < 4.78 is 35.0. The Labute approximate surface area is 165 Å². The van der Waals surface area contributed by atoms with Crippen LogP contribution in [0.3, 0.4) is 0 Å². The van der Waals surface area contributed by atoms with Crippen molar-refractivity contribution >= 4 is 10.0 Å². The van der Waals surface area contributed by atoms with Gasteiger partial charge in [-0.05, 0) is 71.6 Å². The molecule has 0 saturated carbocycles. The van der Waals surface area contributed by atoms with Crippen molar-refractivity contribution in [1.29, 1.82) is 0 Å². The molecule has 0 bridgehead atoms. The average Bonchev–Trinajstić information content (AvgIpc) is 2.47. The van der Waals surface area contributed by atoms with E-state index in [0.29, 0.717) is 12.4 Å². The molecule has 0 amide bonds. The van der Waals surface area contributed by atoms with Crippen LogP contribution in [0.25, 0.3) is 0 Å². The predicted molar refractivity (Wildman–Crippen MR) is 111 cm³/mol. The molecule has 154 valence electrons. The molecule has 0 radical (unpaired) electrons. The summed E-state index contributed by atoms with van der Waals surface area (Å²) in [5.74, 6) is 0.450. The highest BCUT2D eigenvalue weighted by molar-refractivity contribution is 7.89. The summed E-state index contributed by atoms with van der Waals surface area (Å²) in [5, 5.41) is 3.59. The van der Waals surface area contributed by atoms with Gasteiger partial charge in [0.1, 0.15) is 10.6 Å². The van der Waals surface area contributed by atoms with Crippen molar-refractivity contribution in [3.8, 4) is 5.75 Å². The first-order valence-corrected chi connectivity index (χ1v) is 11.5. The third-order valence-electron chi connectivity index (χ3n) is 4.91. The fourth-order valence-electron chi connectivity index (χ4n) is 4.17. The smallest absolute Gasteiger partial charge is 0.244 e. The molecule has 0 spiro atoms. The zero-order valence-electron chi connectivity index (χ0n) is 17.7. The highest BCUT2D eigenvalue weighted by atomic mass is 32.2. The fourth-order valence-corrected chi connectivity index (χ4v) is 5.54. The molecule has 5 nitrogen and oxygen atoms in total. The molecule has 1 aliphatic heterocycles. The number of sulfonamides is 1. The summed E-state index contributed by atoms with van der Waals surface area (Å²) >= 11 is 0. The van der Waals surface area contributed by atoms with Gasteiger partial charge in [0.2, 0.25) is 10.0 Å². The van der Waals surface area contributed by atoms with Crippen LogP contribution in [-0.2, 0) is 10.0 Å². The molecule has 1 saturated heterocycles. The molecule has 2 N–H and O–H groups in total. The highest BCUT2D eigenvalue weighted by Crippen LogP contribution is 2.31. The van der Waals surface area contributed by atoms with Crippen LogP contribution in [-0.4, -0.2) is 32.1 Å². The lowest BCUT2D eigenvalue weighted by Crippen LogP contribution is -2.62. The Bertz CT molecular complexity index is 726. The summed E-state index contributed by atoms with van der Waals surface area (Å²) in [5.41, 5.74) is 0.743. The highest BCUT2D eigenvalue weighted by Gasteiger charge is 2.39. The molecule has 0 aromatic heterocycles. The van der Waals surface area contributed by atoms with Crippen molar-refractivity contribution in [3.63, 3.8) is 0 Å². The summed E-state index contributed by atoms with van der Waals surface area (Å²) in [6.07, 6.45) is 4.59. The van der Waals surface area contributed by atoms with Gasteiger partial charge in [-0.25, -0.2) is 13.1 Å². The maximum absolute atomic E-state index is 13.1. The number of rotatable bonds is 8. The quantitative estimate of drug-likeness (QED) is 0.648. The van der Waals surface area contributed by atoms with Crippen LogP contribution in [0.1, 0.15) is 72.3 Å². The van der Waals surface area contributed by atoms with Gasteiger partial charge < -0.3 is 10.1 Å². The van der Waals surface area contributed by atoms with Crippen molar-refractivity contribution < 1.29 is 13.2 Å². The summed E-state index contributed by atoms with van der Waals surface area (Å²) in [6.45, 7) is 13.1. The molecule has 6 heteroatoms. The summed E-state index contributed by atoms with van der Waals surface area (Å²) in [7, 11) is -3.65. The van der Waals surface area contributed by atoms with Gasteiger partial charge in [0.05, 0.1) is 6.61 Å². The zero-order valence-corrected chi connectivity index (χ0v) is 18.5. The molecular weight excluding hydrogens is 360 g/mol. The van der Waals surface area contributed by atoms with E-state index in [-0.39, 0.29) is 22.0 Å². The SMILES string of the molecule is CCCCCOc1cc(C)ccc1S(=O)(=O)NC1CC(C)(C)NC(C)(C)C1. The predicted octanol–water partition coefficient (Wildman–Crippen LogP) is 4.15. The van der Waals surface area contributed by atoms with Gasteiger partial charge in [-0.2, -0.15) is 0 Å². The van der Waals surface area contributed by atoms with Crippen LogP contribution in [0.4, 0.5) is 0 Å². The molecule has 1 aromatic rings. The van der Waals surface area contributed by atoms with Crippen LogP contribution in [0.2, 0.25) is 0 Å². The first-order valence-electron chi connectivity index (χ1n) is 9.99. The van der Waals surface area contributed by atoms with Gasteiger partial charge in [0, 0.05) is 17.1 Å². The van der Waals surface area contributed by atoms with Crippen LogP contribution in [0.5, 0.6) is 5.75 Å². The first-order chi connectivity index (χ1) is 12.4. The Kier molecular flexibility index (Phi) is 6.98. The maximum atomic E-state index is 13.1. The fraction of sp³-hybridized carbons (Fsp3) is 0.714. The molecule has 1 aromatic carbocycles. The van der Waals surface area contributed by atoms with Crippen molar-refractivity contribution in [2.75, 3.05) is 6.61 Å². The molecule has 0 aliphatic carbocycles. The third-order valence-corrected chi connectivity index (χ3v) is 6.47.